The molecule has 0 saturated heterocycles. The molecule has 1 atom stereocenters. The first-order chi connectivity index (χ1) is 3.91. The second-order valence-electron chi connectivity index (χ2n) is 1.11. The second kappa shape index (κ2) is 6.84. The van der Waals surface area contributed by atoms with Crippen LogP contribution >= 0.6 is 8.96 Å². The van der Waals surface area contributed by atoms with Crippen LogP contribution in [0.4, 0.5) is 0 Å². The molecule has 0 aromatic carbocycles. The molecule has 0 aliphatic heterocycles. The molecule has 1 N–H and O–H groups in total. The van der Waals surface area contributed by atoms with E-state index in [1.165, 1.54) is 0 Å². The molecule has 0 aromatic heterocycles. The van der Waals surface area contributed by atoms with Gasteiger partial charge in [0.2, 0.25) is 0 Å². The lowest BCUT2D eigenvalue weighted by Crippen LogP contribution is -1.91. The molecule has 0 aliphatic carbocycles. The highest BCUT2D eigenvalue weighted by molar-refractivity contribution is 7.29. The molecule has 0 aliphatic rings. The second-order valence-corrected chi connectivity index (χ2v) is 2.10. The molecule has 0 saturated carbocycles. The van der Waals surface area contributed by atoms with Crippen molar-refractivity contribution < 1.29 is 4.52 Å². The van der Waals surface area contributed by atoms with Gasteiger partial charge in [-0.2, -0.15) is 5.26 Å². The summed E-state index contributed by atoms with van der Waals surface area (Å²) in [6.45, 7) is 0.537. The Hall–Kier alpha value is -0.160. The van der Waals surface area contributed by atoms with Crippen LogP contribution in [0.1, 0.15) is 6.42 Å². The van der Waals surface area contributed by atoms with Gasteiger partial charge in [-0.05, 0) is 7.05 Å². The zero-order valence-corrected chi connectivity index (χ0v) is 5.77. The smallest absolute Gasteiger partial charge is 0.0859 e. The van der Waals surface area contributed by atoms with Crippen molar-refractivity contribution >= 4 is 8.96 Å². The minimum atomic E-state index is 0.324. The summed E-state index contributed by atoms with van der Waals surface area (Å²) < 4.78 is 4.92. The van der Waals surface area contributed by atoms with E-state index in [0.29, 0.717) is 22.0 Å². The van der Waals surface area contributed by atoms with E-state index in [4.69, 9.17) is 9.79 Å². The van der Waals surface area contributed by atoms with Crippen molar-refractivity contribution in [3.8, 4) is 6.07 Å². The van der Waals surface area contributed by atoms with E-state index >= 15 is 0 Å². The Labute approximate surface area is 50.9 Å². The minimum absolute atomic E-state index is 0.324. The van der Waals surface area contributed by atoms with Crippen LogP contribution in [-0.4, -0.2) is 13.7 Å². The molecule has 0 spiro atoms. The number of nitrogens with one attached hydrogen (secondary N) is 1. The summed E-state index contributed by atoms with van der Waals surface area (Å²) in [6, 6.07) is 1.98. The number of hydrogen-bond donors (Lipinski definition) is 1. The van der Waals surface area contributed by atoms with E-state index in [2.05, 4.69) is 5.09 Å². The lowest BCUT2D eigenvalue weighted by molar-refractivity contribution is 0.370. The van der Waals surface area contributed by atoms with Crippen molar-refractivity contribution in [3.63, 3.8) is 0 Å². The van der Waals surface area contributed by atoms with Crippen LogP contribution in [-0.2, 0) is 4.52 Å². The third kappa shape index (κ3) is 5.84. The van der Waals surface area contributed by atoms with E-state index in [1.807, 2.05) is 13.1 Å². The molecule has 8 heavy (non-hydrogen) atoms. The van der Waals surface area contributed by atoms with Crippen LogP contribution in [0, 0.1) is 11.3 Å². The molecular formula is C4H9N2OP. The minimum Gasteiger partial charge on any atom is -0.345 e. The van der Waals surface area contributed by atoms with Gasteiger partial charge in [0, 0.05) is 0 Å². The van der Waals surface area contributed by atoms with Gasteiger partial charge in [0.1, 0.15) is 0 Å². The fourth-order valence-electron chi connectivity index (χ4n) is 0.220. The van der Waals surface area contributed by atoms with E-state index < -0.39 is 0 Å². The van der Waals surface area contributed by atoms with Gasteiger partial charge in [-0.3, -0.25) is 5.09 Å². The summed E-state index contributed by atoms with van der Waals surface area (Å²) in [5, 5.41) is 10.8. The summed E-state index contributed by atoms with van der Waals surface area (Å²) in [6.07, 6.45) is 0.481. The third-order valence-electron chi connectivity index (χ3n) is 0.490. The Morgan fingerprint density at radius 3 is 3.12 bits per heavy atom. The predicted molar refractivity (Wildman–Crippen MR) is 33.6 cm³/mol. The molecule has 1 unspecified atom stereocenters. The molecule has 0 heterocycles. The number of hydrogen-bond acceptors (Lipinski definition) is 3. The summed E-state index contributed by atoms with van der Waals surface area (Å²) in [5.74, 6) is 0. The summed E-state index contributed by atoms with van der Waals surface area (Å²) in [5.41, 5.74) is 0. The maximum Gasteiger partial charge on any atom is 0.0859 e. The Morgan fingerprint density at radius 2 is 2.62 bits per heavy atom. The topological polar surface area (TPSA) is 45.0 Å². The molecular weight excluding hydrogens is 123 g/mol. The quantitative estimate of drug-likeness (QED) is 0.451. The first-order valence-corrected chi connectivity index (χ1v) is 3.23. The average molecular weight is 132 g/mol. The van der Waals surface area contributed by atoms with Gasteiger partial charge in [-0.15, -0.1) is 0 Å². The maximum atomic E-state index is 8.02. The predicted octanol–water partition coefficient (Wildman–Crippen LogP) is 0.645. The number of nitriles is 1. The molecule has 4 heteroatoms. The van der Waals surface area contributed by atoms with Crippen molar-refractivity contribution in [1.82, 2.24) is 5.09 Å². The highest BCUT2D eigenvalue weighted by Crippen LogP contribution is 2.02. The lowest BCUT2D eigenvalue weighted by atomic mass is 10.5. The van der Waals surface area contributed by atoms with E-state index in [9.17, 15) is 0 Å². The molecule has 0 rings (SSSR count). The summed E-state index contributed by atoms with van der Waals surface area (Å²) in [4.78, 5) is 0. The van der Waals surface area contributed by atoms with Crippen LogP contribution in [0.2, 0.25) is 0 Å². The highest BCUT2D eigenvalue weighted by Gasteiger charge is 1.80. The SMILES string of the molecule is CNPOCCC#N. The van der Waals surface area contributed by atoms with E-state index in [-0.39, 0.29) is 0 Å². The number of nitrogens with zero attached hydrogens (tertiary/aromatic N) is 1. The van der Waals surface area contributed by atoms with Gasteiger partial charge >= 0.3 is 0 Å². The lowest BCUT2D eigenvalue weighted by Gasteiger charge is -1.95. The number of rotatable bonds is 4. The van der Waals surface area contributed by atoms with Gasteiger partial charge in [-0.1, -0.05) is 0 Å². The molecule has 0 aromatic rings. The van der Waals surface area contributed by atoms with E-state index in [1.54, 1.807) is 0 Å². The molecule has 0 amide bonds. The van der Waals surface area contributed by atoms with Crippen LogP contribution in [0.3, 0.4) is 0 Å². The summed E-state index contributed by atoms with van der Waals surface area (Å²) >= 11 is 0. The van der Waals surface area contributed by atoms with Crippen LogP contribution < -0.4 is 5.09 Å². The van der Waals surface area contributed by atoms with Crippen molar-refractivity contribution in [2.75, 3.05) is 13.7 Å². The monoisotopic (exact) mass is 132 g/mol. The van der Waals surface area contributed by atoms with Gasteiger partial charge in [-0.25, -0.2) is 0 Å². The van der Waals surface area contributed by atoms with E-state index in [0.717, 1.165) is 0 Å². The van der Waals surface area contributed by atoms with Gasteiger partial charge in [0.15, 0.2) is 0 Å². The highest BCUT2D eigenvalue weighted by atomic mass is 31.1. The Kier molecular flexibility index (Phi) is 6.70. The first kappa shape index (κ1) is 7.84. The van der Waals surface area contributed by atoms with Crippen molar-refractivity contribution in [2.45, 2.75) is 6.42 Å². The molecule has 3 nitrogen and oxygen atoms in total. The fourth-order valence-corrected chi connectivity index (χ4v) is 0.568. The van der Waals surface area contributed by atoms with Crippen LogP contribution in [0.25, 0.3) is 0 Å². The van der Waals surface area contributed by atoms with Gasteiger partial charge in [0.05, 0.1) is 28.1 Å². The van der Waals surface area contributed by atoms with Crippen LogP contribution in [0.15, 0.2) is 0 Å². The van der Waals surface area contributed by atoms with Crippen molar-refractivity contribution in [3.05, 3.63) is 0 Å². The Balaban J connectivity index is 2.65. The zero-order valence-electron chi connectivity index (χ0n) is 4.77. The van der Waals surface area contributed by atoms with Crippen molar-refractivity contribution in [2.24, 2.45) is 0 Å². The largest absolute Gasteiger partial charge is 0.345 e. The fraction of sp³-hybridized carbons (Fsp3) is 0.750. The summed E-state index contributed by atoms with van der Waals surface area (Å²) in [7, 11) is 2.13. The molecule has 46 valence electrons. The van der Waals surface area contributed by atoms with Crippen molar-refractivity contribution in [1.29, 1.82) is 5.26 Å². The zero-order chi connectivity index (χ0) is 6.24. The van der Waals surface area contributed by atoms with Crippen LogP contribution in [0.5, 0.6) is 0 Å². The Morgan fingerprint density at radius 1 is 1.88 bits per heavy atom. The standard InChI is InChI=1S/C4H9N2OP/c1-6-8-7-4-2-3-5/h6,8H,2,4H2,1H3. The first-order valence-electron chi connectivity index (χ1n) is 2.32. The molecule has 0 fully saturated rings. The molecule has 0 bridgehead atoms. The third-order valence-corrected chi connectivity index (χ3v) is 1.04. The van der Waals surface area contributed by atoms with Gasteiger partial charge < -0.3 is 4.52 Å². The Bertz CT molecular complexity index is 80.6. The normalized spacial score (nSPS) is 10.0. The van der Waals surface area contributed by atoms with Gasteiger partial charge in [0.25, 0.3) is 0 Å². The maximum absolute atomic E-state index is 8.02. The molecule has 0 radical (unpaired) electrons. The average Bonchev–Trinajstić information content (AvgIpc) is 1.81.